The molecule has 0 aromatic carbocycles. The summed E-state index contributed by atoms with van der Waals surface area (Å²) < 4.78 is 52.1. The van der Waals surface area contributed by atoms with Gasteiger partial charge in [0.2, 0.25) is 0 Å². The molecule has 6 atom stereocenters. The van der Waals surface area contributed by atoms with Crippen LogP contribution in [-0.2, 0) is 66.5 Å². The van der Waals surface area contributed by atoms with Crippen molar-refractivity contribution >= 4 is 36.1 Å². The topological polar surface area (TPSA) is 225 Å². The highest BCUT2D eigenvalue weighted by Crippen LogP contribution is 2.40. The number of amides is 2. The first-order chi connectivity index (χ1) is 33.3. The van der Waals surface area contributed by atoms with Crippen LogP contribution in [0.2, 0.25) is 0 Å². The Balaban J connectivity index is 0.000000257. The van der Waals surface area contributed by atoms with E-state index in [-0.39, 0.29) is 66.4 Å². The van der Waals surface area contributed by atoms with Crippen LogP contribution in [-0.4, -0.2) is 140 Å². The van der Waals surface area contributed by atoms with Crippen molar-refractivity contribution < 1.29 is 76.1 Å². The van der Waals surface area contributed by atoms with Crippen LogP contribution in [0.4, 0.5) is 9.59 Å². The second-order valence-corrected chi connectivity index (χ2v) is 22.9. The van der Waals surface area contributed by atoms with Crippen molar-refractivity contribution in [1.29, 1.82) is 0 Å². The number of carbonyl (C=O) groups is 6. The van der Waals surface area contributed by atoms with Gasteiger partial charge in [-0.25, -0.2) is 9.59 Å². The molecule has 0 aromatic heterocycles. The van der Waals surface area contributed by atoms with E-state index >= 15 is 0 Å². The number of hydrogen-bond acceptors (Lipinski definition) is 16. The number of rotatable bonds is 22. The standard InChI is InChI=1S/2C16H27NO5.C11H20O3.C10H18O3/c2*1-4-16(2,3)14(18)20-8-7-17-15(19)21-10-11-5-6-12-13(9-11)22-12;1-5-10(2,3)9(12)14-8-11(4)6-13-7-11;1-4-10(2,3)9(11)13-7-8-5-12-6-8/h2*11-13H,4-10H2,1-3H3,(H,17,19);5-8H2,1-4H3;8H,4-7H2,1-3H3. The van der Waals surface area contributed by atoms with Gasteiger partial charge in [0.1, 0.15) is 19.8 Å². The fraction of sp³-hybridized carbons (Fsp3) is 0.887. The largest absolute Gasteiger partial charge is 0.465 e. The molecule has 2 saturated carbocycles. The fourth-order valence-electron chi connectivity index (χ4n) is 7.07. The smallest absolute Gasteiger partial charge is 0.407 e. The maximum atomic E-state index is 11.7. The second kappa shape index (κ2) is 28.6. The van der Waals surface area contributed by atoms with E-state index in [2.05, 4.69) is 17.6 Å². The first kappa shape index (κ1) is 61.6. The summed E-state index contributed by atoms with van der Waals surface area (Å²) in [7, 11) is 0. The molecule has 18 heteroatoms. The van der Waals surface area contributed by atoms with Gasteiger partial charge in [0.25, 0.3) is 0 Å². The van der Waals surface area contributed by atoms with E-state index in [4.69, 9.17) is 47.4 Å². The maximum Gasteiger partial charge on any atom is 0.407 e. The minimum absolute atomic E-state index is 0.0550. The molecular formula is C53H92N2O16. The van der Waals surface area contributed by atoms with Crippen molar-refractivity contribution in [1.82, 2.24) is 10.6 Å². The zero-order chi connectivity index (χ0) is 53.0. The summed E-state index contributed by atoms with van der Waals surface area (Å²) in [6.45, 7) is 30.6. The molecule has 2 N–H and O–H groups in total. The average Bonchev–Trinajstić information content (AvgIpc) is 4.27. The average molecular weight is 1010 g/mol. The minimum atomic E-state index is -0.482. The molecule has 0 aromatic rings. The first-order valence-corrected chi connectivity index (χ1v) is 26.3. The van der Waals surface area contributed by atoms with Crippen LogP contribution in [0.5, 0.6) is 0 Å². The van der Waals surface area contributed by atoms with E-state index < -0.39 is 23.0 Å². The summed E-state index contributed by atoms with van der Waals surface area (Å²) in [5.74, 6) is 0.541. The van der Waals surface area contributed by atoms with Gasteiger partial charge in [-0.2, -0.15) is 0 Å². The Morgan fingerprint density at radius 2 is 0.845 bits per heavy atom. The van der Waals surface area contributed by atoms with Crippen LogP contribution < -0.4 is 10.6 Å². The summed E-state index contributed by atoms with van der Waals surface area (Å²) in [6, 6.07) is 0. The van der Waals surface area contributed by atoms with Crippen molar-refractivity contribution in [3.63, 3.8) is 0 Å². The molecule has 6 rings (SSSR count). The van der Waals surface area contributed by atoms with Crippen molar-refractivity contribution in [2.75, 3.05) is 79.2 Å². The van der Waals surface area contributed by atoms with Gasteiger partial charge < -0.3 is 58.0 Å². The monoisotopic (exact) mass is 1010 g/mol. The summed E-state index contributed by atoms with van der Waals surface area (Å²) in [5, 5.41) is 5.20. The molecule has 4 saturated heterocycles. The molecule has 6 unspecified atom stereocenters. The van der Waals surface area contributed by atoms with Crippen LogP contribution in [0.1, 0.15) is 154 Å². The first-order valence-electron chi connectivity index (χ1n) is 26.3. The van der Waals surface area contributed by atoms with E-state index in [0.29, 0.717) is 94.7 Å². The second-order valence-electron chi connectivity index (χ2n) is 22.9. The van der Waals surface area contributed by atoms with Gasteiger partial charge in [-0.05, 0) is 131 Å². The Morgan fingerprint density at radius 3 is 1.17 bits per heavy atom. The number of nitrogens with one attached hydrogen (secondary N) is 2. The zero-order valence-electron chi connectivity index (χ0n) is 45.6. The number of fused-ring (bicyclic) bond motifs is 2. The Hall–Kier alpha value is -3.74. The van der Waals surface area contributed by atoms with Gasteiger partial charge in [0, 0.05) is 11.3 Å². The SMILES string of the molecule is CCC(C)(C)C(=O)OCC1(C)COC1.CCC(C)(C)C(=O)OCC1COC1.CCC(C)(C)C(=O)OCCNC(=O)OCC1CCC2OC2C1.CCC(C)(C)C(=O)OCCNC(=O)OCC1CCC2OC2C1. The van der Waals surface area contributed by atoms with Crippen LogP contribution in [0.15, 0.2) is 0 Å². The molecule has 0 spiro atoms. The summed E-state index contributed by atoms with van der Waals surface area (Å²) in [6.07, 6.45) is 10.1. The highest BCUT2D eigenvalue weighted by atomic mass is 16.6. The summed E-state index contributed by atoms with van der Waals surface area (Å²) >= 11 is 0. The molecule has 0 bridgehead atoms. The third-order valence-electron chi connectivity index (χ3n) is 14.7. The van der Waals surface area contributed by atoms with E-state index in [1.165, 1.54) is 0 Å². The van der Waals surface area contributed by atoms with Gasteiger partial charge in [-0.15, -0.1) is 0 Å². The normalized spacial score (nSPS) is 23.8. The van der Waals surface area contributed by atoms with Crippen LogP contribution in [0, 0.1) is 44.8 Å². The molecule has 4 aliphatic heterocycles. The van der Waals surface area contributed by atoms with Gasteiger partial charge in [0.05, 0.1) is 105 Å². The third-order valence-corrected chi connectivity index (χ3v) is 14.7. The lowest BCUT2D eigenvalue weighted by atomic mass is 9.88. The number of esters is 4. The van der Waals surface area contributed by atoms with Crippen molar-refractivity contribution in [2.24, 2.45) is 44.8 Å². The summed E-state index contributed by atoms with van der Waals surface area (Å²) in [4.78, 5) is 69.7. The molecule has 6 aliphatic rings. The van der Waals surface area contributed by atoms with Crippen molar-refractivity contribution in [3.05, 3.63) is 0 Å². The number of carbonyl (C=O) groups excluding carboxylic acids is 6. The van der Waals surface area contributed by atoms with Gasteiger partial charge in [-0.3, -0.25) is 19.2 Å². The van der Waals surface area contributed by atoms with Crippen molar-refractivity contribution in [2.45, 2.75) is 179 Å². The lowest BCUT2D eigenvalue weighted by Crippen LogP contribution is -2.45. The lowest BCUT2D eigenvalue weighted by molar-refractivity contribution is -0.173. The lowest BCUT2D eigenvalue weighted by Gasteiger charge is -2.37. The van der Waals surface area contributed by atoms with Crippen LogP contribution in [0.3, 0.4) is 0 Å². The molecule has 2 aliphatic carbocycles. The van der Waals surface area contributed by atoms with E-state index in [9.17, 15) is 28.8 Å². The number of hydrogen-bond donors (Lipinski definition) is 2. The molecule has 2 amide bonds. The Morgan fingerprint density at radius 1 is 0.479 bits per heavy atom. The fourth-order valence-corrected chi connectivity index (χ4v) is 7.07. The number of ether oxygens (including phenoxy) is 10. The van der Waals surface area contributed by atoms with Crippen LogP contribution >= 0.6 is 0 Å². The highest BCUT2D eigenvalue weighted by Gasteiger charge is 2.45. The quantitative estimate of drug-likeness (QED) is 0.0452. The molecule has 0 radical (unpaired) electrons. The predicted molar refractivity (Wildman–Crippen MR) is 264 cm³/mol. The minimum Gasteiger partial charge on any atom is -0.465 e. The summed E-state index contributed by atoms with van der Waals surface area (Å²) in [5.41, 5.74) is -1.61. The third kappa shape index (κ3) is 22.1. The number of epoxide rings is 2. The zero-order valence-corrected chi connectivity index (χ0v) is 45.6. The molecule has 18 nitrogen and oxygen atoms in total. The predicted octanol–water partition coefficient (Wildman–Crippen LogP) is 8.13. The Bertz CT molecular complexity index is 1620. The van der Waals surface area contributed by atoms with Crippen molar-refractivity contribution in [3.8, 4) is 0 Å². The van der Waals surface area contributed by atoms with Gasteiger partial charge >= 0.3 is 36.1 Å². The molecule has 4 heterocycles. The Labute approximate surface area is 424 Å². The molecular weight excluding hydrogens is 921 g/mol. The number of alkyl carbamates (subject to hydrolysis) is 2. The molecule has 71 heavy (non-hydrogen) atoms. The van der Waals surface area contributed by atoms with Gasteiger partial charge in [-0.1, -0.05) is 34.6 Å². The maximum absolute atomic E-state index is 11.7. The van der Waals surface area contributed by atoms with E-state index in [1.807, 2.05) is 83.1 Å². The van der Waals surface area contributed by atoms with E-state index in [1.54, 1.807) is 0 Å². The van der Waals surface area contributed by atoms with Gasteiger partial charge in [0.15, 0.2) is 0 Å². The van der Waals surface area contributed by atoms with E-state index in [0.717, 1.165) is 64.6 Å². The van der Waals surface area contributed by atoms with Crippen LogP contribution in [0.25, 0.3) is 0 Å². The molecule has 6 fully saturated rings. The highest BCUT2D eigenvalue weighted by molar-refractivity contribution is 5.77. The molecule has 410 valence electrons. The Kier molecular flexibility index (Phi) is 24.8.